The normalized spacial score (nSPS) is 14.1. The topological polar surface area (TPSA) is 135 Å². The number of methoxy groups -OCH3 is 2. The third-order valence-corrected chi connectivity index (χ3v) is 5.01. The van der Waals surface area contributed by atoms with Crippen LogP contribution in [0, 0.1) is 5.41 Å². The van der Waals surface area contributed by atoms with Crippen molar-refractivity contribution in [1.29, 1.82) is 5.41 Å². The second-order valence-corrected chi connectivity index (χ2v) is 6.69. The minimum absolute atomic E-state index is 0.0677. The number of nitrogen functional groups attached to an aromatic ring is 2. The van der Waals surface area contributed by atoms with Crippen molar-refractivity contribution in [2.45, 2.75) is 12.8 Å². The van der Waals surface area contributed by atoms with E-state index in [1.165, 1.54) is 0 Å². The molecule has 8 heteroatoms. The summed E-state index contributed by atoms with van der Waals surface area (Å²) >= 11 is 0. The molecule has 0 radical (unpaired) electrons. The number of aliphatic imine (C=N–C) groups is 1. The number of ether oxygens (including phenoxy) is 2. The molecule has 3 aromatic rings. The maximum Gasteiger partial charge on any atom is 0.200 e. The lowest BCUT2D eigenvalue weighted by molar-refractivity contribution is 0.355. The van der Waals surface area contributed by atoms with E-state index in [1.807, 2.05) is 36.4 Å². The third kappa shape index (κ3) is 3.29. The van der Waals surface area contributed by atoms with E-state index in [2.05, 4.69) is 9.97 Å². The number of hydrogen-bond acceptors (Lipinski definition) is 6. The van der Waals surface area contributed by atoms with E-state index in [1.54, 1.807) is 14.2 Å². The Labute approximate surface area is 168 Å². The first-order valence-electron chi connectivity index (χ1n) is 9.14. The number of aromatic nitrogens is 2. The van der Waals surface area contributed by atoms with Gasteiger partial charge < -0.3 is 25.9 Å². The summed E-state index contributed by atoms with van der Waals surface area (Å²) < 4.78 is 10.7. The third-order valence-electron chi connectivity index (χ3n) is 5.01. The van der Waals surface area contributed by atoms with E-state index in [-0.39, 0.29) is 11.8 Å². The van der Waals surface area contributed by atoms with Crippen LogP contribution in [0.2, 0.25) is 0 Å². The Morgan fingerprint density at radius 1 is 1.14 bits per heavy atom. The van der Waals surface area contributed by atoms with E-state index >= 15 is 0 Å². The van der Waals surface area contributed by atoms with Gasteiger partial charge in [0, 0.05) is 11.1 Å². The van der Waals surface area contributed by atoms with Crippen LogP contribution in [0.15, 0.2) is 41.4 Å². The highest BCUT2D eigenvalue weighted by atomic mass is 16.5. The van der Waals surface area contributed by atoms with Crippen LogP contribution in [0.5, 0.6) is 11.5 Å². The van der Waals surface area contributed by atoms with Gasteiger partial charge in [0.05, 0.1) is 25.6 Å². The Bertz CT molecular complexity index is 1130. The number of rotatable bonds is 5. The summed E-state index contributed by atoms with van der Waals surface area (Å²) in [5.41, 5.74) is 16.9. The monoisotopic (exact) mass is 390 g/mol. The number of aromatic amines is 1. The fraction of sp³-hybridized carbons (Fsp3) is 0.190. The smallest absolute Gasteiger partial charge is 0.200 e. The standard InChI is InChI=1S/C21H22N6O2/c1-28-16-9-6-11(10-17(16)29-2)18-20(27-21(24)26-18)25-15-8-7-12-13(15)4-3-5-14(12)19(22)23/h3-6,9-10H,7-8H2,1-2H3,(H3,22,23)(H3,24,26,27). The van der Waals surface area contributed by atoms with Crippen LogP contribution in [0.4, 0.5) is 11.8 Å². The van der Waals surface area contributed by atoms with E-state index in [0.717, 1.165) is 40.8 Å². The average molecular weight is 390 g/mol. The van der Waals surface area contributed by atoms with Crippen LogP contribution in [0.3, 0.4) is 0 Å². The minimum atomic E-state index is 0.0677. The van der Waals surface area contributed by atoms with Gasteiger partial charge in [0.15, 0.2) is 23.3 Å². The number of hydrogen-bond donors (Lipinski definition) is 4. The van der Waals surface area contributed by atoms with Crippen molar-refractivity contribution < 1.29 is 9.47 Å². The molecule has 0 saturated heterocycles. The van der Waals surface area contributed by atoms with E-state index in [0.29, 0.717) is 23.0 Å². The predicted octanol–water partition coefficient (Wildman–Crippen LogP) is 3.03. The van der Waals surface area contributed by atoms with Gasteiger partial charge in [-0.2, -0.15) is 4.98 Å². The number of nitrogens with zero attached hydrogens (tertiary/aromatic N) is 2. The quantitative estimate of drug-likeness (QED) is 0.392. The van der Waals surface area contributed by atoms with Gasteiger partial charge in [-0.25, -0.2) is 4.99 Å². The van der Waals surface area contributed by atoms with Crippen LogP contribution < -0.4 is 20.9 Å². The summed E-state index contributed by atoms with van der Waals surface area (Å²) in [6.07, 6.45) is 1.54. The molecular weight excluding hydrogens is 368 g/mol. The molecule has 0 fully saturated rings. The predicted molar refractivity (Wildman–Crippen MR) is 114 cm³/mol. The molecule has 2 aromatic carbocycles. The van der Waals surface area contributed by atoms with Gasteiger partial charge in [0.1, 0.15) is 5.84 Å². The Balaban J connectivity index is 1.79. The van der Waals surface area contributed by atoms with Crippen LogP contribution in [0.1, 0.15) is 23.1 Å². The molecule has 1 aliphatic rings. The summed E-state index contributed by atoms with van der Waals surface area (Å²) in [6.45, 7) is 0. The van der Waals surface area contributed by atoms with E-state index < -0.39 is 0 Å². The first-order chi connectivity index (χ1) is 14.0. The van der Waals surface area contributed by atoms with Crippen LogP contribution >= 0.6 is 0 Å². The molecule has 0 aliphatic heterocycles. The average Bonchev–Trinajstić information content (AvgIpc) is 3.30. The lowest BCUT2D eigenvalue weighted by Gasteiger charge is -2.09. The molecule has 0 unspecified atom stereocenters. The molecule has 0 saturated carbocycles. The van der Waals surface area contributed by atoms with Gasteiger partial charge in [-0.05, 0) is 42.2 Å². The number of fused-ring (bicyclic) bond motifs is 1. The molecule has 8 nitrogen and oxygen atoms in total. The number of amidine groups is 1. The molecule has 0 bridgehead atoms. The number of imidazole rings is 1. The zero-order valence-corrected chi connectivity index (χ0v) is 16.2. The molecule has 29 heavy (non-hydrogen) atoms. The van der Waals surface area contributed by atoms with E-state index in [9.17, 15) is 0 Å². The molecule has 1 heterocycles. The largest absolute Gasteiger partial charge is 0.493 e. The number of nitrogens with one attached hydrogen (secondary N) is 2. The van der Waals surface area contributed by atoms with Crippen molar-refractivity contribution in [1.82, 2.24) is 9.97 Å². The number of benzene rings is 2. The Morgan fingerprint density at radius 3 is 2.66 bits per heavy atom. The highest BCUT2D eigenvalue weighted by Crippen LogP contribution is 2.37. The van der Waals surface area contributed by atoms with Gasteiger partial charge in [0.2, 0.25) is 0 Å². The minimum Gasteiger partial charge on any atom is -0.493 e. The first kappa shape index (κ1) is 18.5. The summed E-state index contributed by atoms with van der Waals surface area (Å²) in [5, 5.41) is 7.79. The molecule has 0 amide bonds. The van der Waals surface area contributed by atoms with Crippen LogP contribution in [0.25, 0.3) is 11.3 Å². The fourth-order valence-electron chi connectivity index (χ4n) is 3.66. The summed E-state index contributed by atoms with van der Waals surface area (Å²) in [4.78, 5) is 12.3. The van der Waals surface area contributed by atoms with Crippen molar-refractivity contribution >= 4 is 23.3 Å². The maximum atomic E-state index is 7.79. The highest BCUT2D eigenvalue weighted by Gasteiger charge is 2.23. The molecule has 0 spiro atoms. The summed E-state index contributed by atoms with van der Waals surface area (Å²) in [6, 6.07) is 11.3. The number of anilines is 1. The Kier molecular flexibility index (Phi) is 4.67. The SMILES string of the molecule is COc1ccc(-c2[nH]c(N)nc2N=C2CCc3c(C(=N)N)cccc32)cc1OC. The lowest BCUT2D eigenvalue weighted by atomic mass is 10.0. The second kappa shape index (κ2) is 7.31. The molecule has 1 aliphatic carbocycles. The molecule has 4 rings (SSSR count). The lowest BCUT2D eigenvalue weighted by Crippen LogP contribution is -2.13. The fourth-order valence-corrected chi connectivity index (χ4v) is 3.66. The molecule has 1 aromatic heterocycles. The molecular formula is C21H22N6O2. The Hall–Kier alpha value is -3.81. The van der Waals surface area contributed by atoms with Crippen molar-refractivity contribution in [3.8, 4) is 22.8 Å². The van der Waals surface area contributed by atoms with Gasteiger partial charge >= 0.3 is 0 Å². The molecule has 6 N–H and O–H groups in total. The molecule has 148 valence electrons. The van der Waals surface area contributed by atoms with Crippen molar-refractivity contribution in [2.75, 3.05) is 20.0 Å². The zero-order valence-electron chi connectivity index (χ0n) is 16.2. The van der Waals surface area contributed by atoms with Gasteiger partial charge in [-0.15, -0.1) is 0 Å². The highest BCUT2D eigenvalue weighted by molar-refractivity contribution is 6.09. The maximum absolute atomic E-state index is 7.79. The van der Waals surface area contributed by atoms with Crippen LogP contribution in [-0.2, 0) is 6.42 Å². The number of nitrogens with two attached hydrogens (primary N) is 2. The van der Waals surface area contributed by atoms with E-state index in [4.69, 9.17) is 31.3 Å². The van der Waals surface area contributed by atoms with Gasteiger partial charge in [-0.1, -0.05) is 18.2 Å². The van der Waals surface area contributed by atoms with Crippen molar-refractivity contribution in [2.24, 2.45) is 10.7 Å². The zero-order chi connectivity index (χ0) is 20.5. The van der Waals surface area contributed by atoms with Crippen molar-refractivity contribution in [3.63, 3.8) is 0 Å². The second-order valence-electron chi connectivity index (χ2n) is 6.69. The molecule has 0 atom stereocenters. The van der Waals surface area contributed by atoms with Gasteiger partial charge in [-0.3, -0.25) is 5.41 Å². The number of H-pyrrole nitrogens is 1. The Morgan fingerprint density at radius 2 is 1.93 bits per heavy atom. The summed E-state index contributed by atoms with van der Waals surface area (Å²) in [5.74, 6) is 2.10. The first-order valence-corrected chi connectivity index (χ1v) is 9.14. The van der Waals surface area contributed by atoms with Crippen LogP contribution in [-0.4, -0.2) is 35.7 Å². The van der Waals surface area contributed by atoms with Crippen molar-refractivity contribution in [3.05, 3.63) is 53.1 Å². The summed E-state index contributed by atoms with van der Waals surface area (Å²) in [7, 11) is 3.18. The van der Waals surface area contributed by atoms with Gasteiger partial charge in [0.25, 0.3) is 0 Å².